The van der Waals surface area contributed by atoms with Gasteiger partial charge in [-0.05, 0) is 56.4 Å². The molecule has 1 heterocycles. The minimum atomic E-state index is 0.872. The normalized spacial score (nSPS) is 33.5. The van der Waals surface area contributed by atoms with Crippen LogP contribution < -0.4 is 5.32 Å². The molecule has 2 aliphatic carbocycles. The number of nitrogens with one attached hydrogen (secondary N) is 1. The molecule has 1 heteroatoms. The van der Waals surface area contributed by atoms with Gasteiger partial charge in [-0.15, -0.1) is 0 Å². The molecule has 0 bridgehead atoms. The highest BCUT2D eigenvalue weighted by Crippen LogP contribution is 2.47. The molecule has 98 valence electrons. The summed E-state index contributed by atoms with van der Waals surface area (Å²) in [6.45, 7) is 1.28. The van der Waals surface area contributed by atoms with Gasteiger partial charge in [0.1, 0.15) is 0 Å². The van der Waals surface area contributed by atoms with Crippen molar-refractivity contribution in [2.75, 3.05) is 6.54 Å². The lowest BCUT2D eigenvalue weighted by Gasteiger charge is -2.34. The van der Waals surface area contributed by atoms with E-state index in [9.17, 15) is 0 Å². The van der Waals surface area contributed by atoms with Crippen LogP contribution in [0.5, 0.6) is 0 Å². The maximum Gasteiger partial charge on any atom is 0.00699 e. The van der Waals surface area contributed by atoms with Crippen molar-refractivity contribution in [3.63, 3.8) is 0 Å². The predicted octanol–water partition coefficient (Wildman–Crippen LogP) is 4.13. The summed E-state index contributed by atoms with van der Waals surface area (Å²) in [6.07, 6.45) is 16.6. The zero-order valence-corrected chi connectivity index (χ0v) is 11.3. The van der Waals surface area contributed by atoms with Crippen LogP contribution in [0.1, 0.15) is 70.6 Å². The van der Waals surface area contributed by atoms with Crippen molar-refractivity contribution in [3.05, 3.63) is 0 Å². The maximum atomic E-state index is 3.77. The summed E-state index contributed by atoms with van der Waals surface area (Å²) in [5.74, 6) is 3.31. The van der Waals surface area contributed by atoms with Crippen molar-refractivity contribution in [1.82, 2.24) is 5.32 Å². The zero-order valence-electron chi connectivity index (χ0n) is 11.3. The summed E-state index contributed by atoms with van der Waals surface area (Å²) < 4.78 is 0. The third-order valence-corrected chi connectivity index (χ3v) is 5.45. The number of piperidine rings is 1. The van der Waals surface area contributed by atoms with Crippen LogP contribution >= 0.6 is 0 Å². The summed E-state index contributed by atoms with van der Waals surface area (Å²) in [7, 11) is 0. The van der Waals surface area contributed by atoms with E-state index in [1.165, 1.54) is 51.5 Å². The van der Waals surface area contributed by atoms with Crippen LogP contribution in [0.3, 0.4) is 0 Å². The second-order valence-electron chi connectivity index (χ2n) is 6.78. The van der Waals surface area contributed by atoms with Gasteiger partial charge in [0, 0.05) is 6.04 Å². The van der Waals surface area contributed by atoms with Gasteiger partial charge in [-0.1, -0.05) is 38.5 Å². The molecule has 0 radical (unpaired) electrons. The van der Waals surface area contributed by atoms with Gasteiger partial charge in [0.25, 0.3) is 0 Å². The zero-order chi connectivity index (χ0) is 11.5. The van der Waals surface area contributed by atoms with E-state index in [2.05, 4.69) is 5.32 Å². The molecule has 3 fully saturated rings. The Bertz CT molecular complexity index is 222. The first-order chi connectivity index (χ1) is 8.43. The van der Waals surface area contributed by atoms with Crippen molar-refractivity contribution in [2.45, 2.75) is 76.7 Å². The molecule has 3 rings (SSSR count). The molecule has 2 atom stereocenters. The SMILES string of the molecule is C1CCC(C(CC2CCCCN2)C2CC2)CC1. The van der Waals surface area contributed by atoms with E-state index in [0.717, 1.165) is 23.8 Å². The Morgan fingerprint density at radius 2 is 1.47 bits per heavy atom. The van der Waals surface area contributed by atoms with Crippen LogP contribution in [0.15, 0.2) is 0 Å². The third kappa shape index (κ3) is 3.24. The van der Waals surface area contributed by atoms with Gasteiger partial charge >= 0.3 is 0 Å². The topological polar surface area (TPSA) is 12.0 Å². The highest BCUT2D eigenvalue weighted by Gasteiger charge is 2.37. The first-order valence-corrected chi connectivity index (χ1v) is 8.17. The van der Waals surface area contributed by atoms with Gasteiger partial charge in [0.15, 0.2) is 0 Å². The molecule has 0 amide bonds. The minimum Gasteiger partial charge on any atom is -0.314 e. The van der Waals surface area contributed by atoms with Gasteiger partial charge in [0.05, 0.1) is 0 Å². The molecule has 1 nitrogen and oxygen atoms in total. The molecule has 0 aromatic heterocycles. The summed E-state index contributed by atoms with van der Waals surface area (Å²) in [5.41, 5.74) is 0. The van der Waals surface area contributed by atoms with Crippen LogP contribution in [0.2, 0.25) is 0 Å². The molecular weight excluding hydrogens is 206 g/mol. The summed E-state index contributed by atoms with van der Waals surface area (Å²) in [6, 6.07) is 0.872. The quantitative estimate of drug-likeness (QED) is 0.772. The van der Waals surface area contributed by atoms with E-state index in [1.54, 1.807) is 25.7 Å². The molecule has 3 aliphatic rings. The standard InChI is InChI=1S/C16H29N/c1-2-6-13(7-3-1)16(14-9-10-14)12-15-8-4-5-11-17-15/h13-17H,1-12H2. The van der Waals surface area contributed by atoms with Crippen LogP contribution in [0.4, 0.5) is 0 Å². The molecule has 17 heavy (non-hydrogen) atoms. The van der Waals surface area contributed by atoms with Gasteiger partial charge in [-0.3, -0.25) is 0 Å². The second-order valence-corrected chi connectivity index (χ2v) is 6.78. The Balaban J connectivity index is 1.55. The number of hydrogen-bond donors (Lipinski definition) is 1. The molecule has 0 spiro atoms. The van der Waals surface area contributed by atoms with Crippen molar-refractivity contribution < 1.29 is 0 Å². The van der Waals surface area contributed by atoms with E-state index in [4.69, 9.17) is 0 Å². The lowest BCUT2D eigenvalue weighted by molar-refractivity contribution is 0.185. The van der Waals surface area contributed by atoms with Gasteiger partial charge in [-0.2, -0.15) is 0 Å². The Morgan fingerprint density at radius 3 is 2.12 bits per heavy atom. The van der Waals surface area contributed by atoms with E-state index in [-0.39, 0.29) is 0 Å². The van der Waals surface area contributed by atoms with E-state index in [1.807, 2.05) is 0 Å². The molecular formula is C16H29N. The summed E-state index contributed by atoms with van der Waals surface area (Å²) >= 11 is 0. The molecule has 0 aromatic carbocycles. The van der Waals surface area contributed by atoms with E-state index < -0.39 is 0 Å². The predicted molar refractivity (Wildman–Crippen MR) is 73.0 cm³/mol. The fraction of sp³-hybridized carbons (Fsp3) is 1.00. The molecule has 1 saturated heterocycles. The largest absolute Gasteiger partial charge is 0.314 e. The first-order valence-electron chi connectivity index (χ1n) is 8.17. The van der Waals surface area contributed by atoms with Crippen molar-refractivity contribution >= 4 is 0 Å². The van der Waals surface area contributed by atoms with E-state index in [0.29, 0.717) is 0 Å². The highest BCUT2D eigenvalue weighted by atomic mass is 14.9. The monoisotopic (exact) mass is 235 g/mol. The fourth-order valence-corrected chi connectivity index (χ4v) is 4.31. The van der Waals surface area contributed by atoms with Gasteiger partial charge in [0.2, 0.25) is 0 Å². The smallest absolute Gasteiger partial charge is 0.00699 e. The molecule has 2 unspecified atom stereocenters. The average Bonchev–Trinajstić information content (AvgIpc) is 3.23. The minimum absolute atomic E-state index is 0.872. The van der Waals surface area contributed by atoms with Crippen molar-refractivity contribution in [3.8, 4) is 0 Å². The lowest BCUT2D eigenvalue weighted by Crippen LogP contribution is -2.37. The fourth-order valence-electron chi connectivity index (χ4n) is 4.31. The number of hydrogen-bond acceptors (Lipinski definition) is 1. The molecule has 2 saturated carbocycles. The summed E-state index contributed by atoms with van der Waals surface area (Å²) in [5, 5.41) is 3.77. The van der Waals surface area contributed by atoms with Crippen molar-refractivity contribution in [2.24, 2.45) is 17.8 Å². The Morgan fingerprint density at radius 1 is 0.765 bits per heavy atom. The van der Waals surface area contributed by atoms with Crippen LogP contribution in [-0.4, -0.2) is 12.6 Å². The van der Waals surface area contributed by atoms with Crippen molar-refractivity contribution in [1.29, 1.82) is 0 Å². The second kappa shape index (κ2) is 5.73. The first kappa shape index (κ1) is 12.0. The maximum absolute atomic E-state index is 3.77. The number of rotatable bonds is 4. The molecule has 0 aromatic rings. The van der Waals surface area contributed by atoms with Gasteiger partial charge < -0.3 is 5.32 Å². The summed E-state index contributed by atoms with van der Waals surface area (Å²) in [4.78, 5) is 0. The van der Waals surface area contributed by atoms with Gasteiger partial charge in [-0.25, -0.2) is 0 Å². The molecule has 1 N–H and O–H groups in total. The Labute approximate surface area is 107 Å². The van der Waals surface area contributed by atoms with Crippen LogP contribution in [-0.2, 0) is 0 Å². The Hall–Kier alpha value is -0.0400. The van der Waals surface area contributed by atoms with Crippen LogP contribution in [0.25, 0.3) is 0 Å². The van der Waals surface area contributed by atoms with Crippen LogP contribution in [0, 0.1) is 17.8 Å². The Kier molecular flexibility index (Phi) is 4.05. The third-order valence-electron chi connectivity index (χ3n) is 5.45. The lowest BCUT2D eigenvalue weighted by atomic mass is 9.74. The molecule has 1 aliphatic heterocycles. The highest BCUT2D eigenvalue weighted by molar-refractivity contribution is 4.90. The average molecular weight is 235 g/mol. The van der Waals surface area contributed by atoms with E-state index >= 15 is 0 Å².